The fourth-order valence-electron chi connectivity index (χ4n) is 1.91. The Labute approximate surface area is 141 Å². The van der Waals surface area contributed by atoms with Crippen LogP contribution in [0.15, 0.2) is 35.2 Å². The van der Waals surface area contributed by atoms with Crippen LogP contribution in [0.5, 0.6) is 5.75 Å². The molecule has 120 valence electrons. The summed E-state index contributed by atoms with van der Waals surface area (Å²) in [5.41, 5.74) is 0.346. The van der Waals surface area contributed by atoms with Gasteiger partial charge in [-0.15, -0.1) is 0 Å². The summed E-state index contributed by atoms with van der Waals surface area (Å²) < 4.78 is 0.310. The van der Waals surface area contributed by atoms with Gasteiger partial charge in [-0.25, -0.2) is 0 Å². The first kappa shape index (κ1) is 17.2. The van der Waals surface area contributed by atoms with Crippen LogP contribution >= 0.6 is 24.0 Å². The van der Waals surface area contributed by atoms with Crippen molar-refractivity contribution in [2.24, 2.45) is 0 Å². The number of carboxylic acids is 1. The van der Waals surface area contributed by atoms with Crippen molar-refractivity contribution < 1.29 is 24.6 Å². The van der Waals surface area contributed by atoms with Crippen molar-refractivity contribution in [3.8, 4) is 5.75 Å². The quantitative estimate of drug-likeness (QED) is 0.461. The van der Waals surface area contributed by atoms with E-state index in [4.69, 9.17) is 17.3 Å². The van der Waals surface area contributed by atoms with E-state index in [1.54, 1.807) is 0 Å². The van der Waals surface area contributed by atoms with E-state index < -0.39 is 11.9 Å². The summed E-state index contributed by atoms with van der Waals surface area (Å²) >= 11 is 6.11. The van der Waals surface area contributed by atoms with E-state index in [0.717, 1.165) is 11.8 Å². The summed E-state index contributed by atoms with van der Waals surface area (Å²) in [7, 11) is 0. The third-order valence-electron chi connectivity index (χ3n) is 3.06. The van der Waals surface area contributed by atoms with Crippen molar-refractivity contribution in [2.75, 3.05) is 6.54 Å². The van der Waals surface area contributed by atoms with Crippen LogP contribution in [0, 0.1) is 0 Å². The lowest BCUT2D eigenvalue weighted by atomic mass is 10.1. The predicted molar refractivity (Wildman–Crippen MR) is 89.3 cm³/mol. The van der Waals surface area contributed by atoms with Gasteiger partial charge in [-0.1, -0.05) is 24.0 Å². The first-order valence-electron chi connectivity index (χ1n) is 6.69. The number of aromatic hydroxyl groups is 1. The lowest BCUT2D eigenvalue weighted by molar-refractivity contribution is -0.137. The van der Waals surface area contributed by atoms with E-state index in [2.05, 4.69) is 0 Å². The lowest BCUT2D eigenvalue weighted by Crippen LogP contribution is -2.29. The molecule has 1 fully saturated rings. The van der Waals surface area contributed by atoms with Gasteiger partial charge in [0.05, 0.1) is 4.91 Å². The minimum atomic E-state index is -0.937. The van der Waals surface area contributed by atoms with Crippen LogP contribution in [0.4, 0.5) is 0 Å². The normalized spacial score (nSPS) is 16.2. The van der Waals surface area contributed by atoms with Crippen LogP contribution in [0.3, 0.4) is 0 Å². The maximum atomic E-state index is 12.2. The summed E-state index contributed by atoms with van der Waals surface area (Å²) in [5, 5.41) is 17.8. The number of carbonyl (C=O) groups excluding carboxylic acids is 2. The molecule has 0 aliphatic carbocycles. The molecule has 0 aromatic heterocycles. The number of phenols is 1. The van der Waals surface area contributed by atoms with Crippen molar-refractivity contribution in [3.63, 3.8) is 0 Å². The topological polar surface area (TPSA) is 94.9 Å². The summed E-state index contributed by atoms with van der Waals surface area (Å²) in [4.78, 5) is 36.4. The number of thioether (sulfide) groups is 1. The van der Waals surface area contributed by atoms with Crippen molar-refractivity contribution in [3.05, 3.63) is 40.8 Å². The number of carboxylic acid groups (broad SMARTS) is 1. The number of carbonyl (C=O) groups is 3. The Morgan fingerprint density at radius 2 is 1.91 bits per heavy atom. The van der Waals surface area contributed by atoms with Crippen LogP contribution in [-0.4, -0.2) is 43.6 Å². The molecule has 0 bridgehead atoms. The van der Waals surface area contributed by atoms with Gasteiger partial charge in [-0.3, -0.25) is 19.3 Å². The average Bonchev–Trinajstić information content (AvgIpc) is 2.75. The van der Waals surface area contributed by atoms with E-state index in [9.17, 15) is 19.5 Å². The first-order valence-corrected chi connectivity index (χ1v) is 7.91. The molecule has 0 unspecified atom stereocenters. The lowest BCUT2D eigenvalue weighted by Gasteiger charge is -2.13. The van der Waals surface area contributed by atoms with Crippen LogP contribution in [0.1, 0.15) is 23.2 Å². The van der Waals surface area contributed by atoms with Crippen LogP contribution in [-0.2, 0) is 9.59 Å². The van der Waals surface area contributed by atoms with Gasteiger partial charge in [0, 0.05) is 24.6 Å². The molecule has 8 heteroatoms. The maximum Gasteiger partial charge on any atom is 0.303 e. The largest absolute Gasteiger partial charge is 0.508 e. The van der Waals surface area contributed by atoms with Gasteiger partial charge in [0.1, 0.15) is 10.1 Å². The Morgan fingerprint density at radius 3 is 2.52 bits per heavy atom. The smallest absolute Gasteiger partial charge is 0.303 e. The number of rotatable bonds is 6. The zero-order valence-electron chi connectivity index (χ0n) is 11.9. The SMILES string of the molecule is O=C(O)CCCN1C(=O)/C(=C/C(=O)c2ccc(O)cc2)SC1=S. The molecule has 1 heterocycles. The third kappa shape index (κ3) is 4.40. The van der Waals surface area contributed by atoms with Gasteiger partial charge in [0.25, 0.3) is 5.91 Å². The molecule has 23 heavy (non-hydrogen) atoms. The Hall–Kier alpha value is -2.19. The van der Waals surface area contributed by atoms with Crippen LogP contribution < -0.4 is 0 Å². The summed E-state index contributed by atoms with van der Waals surface area (Å²) in [5.74, 6) is -1.65. The van der Waals surface area contributed by atoms with E-state index in [0.29, 0.717) is 16.3 Å². The molecule has 0 saturated carbocycles. The molecule has 6 nitrogen and oxygen atoms in total. The van der Waals surface area contributed by atoms with Crippen molar-refractivity contribution in [1.29, 1.82) is 0 Å². The molecule has 1 aliphatic heterocycles. The number of thiocarbonyl (C=S) groups is 1. The molecule has 1 aliphatic rings. The molecule has 1 aromatic rings. The van der Waals surface area contributed by atoms with Crippen molar-refractivity contribution >= 4 is 46.0 Å². The molecular weight excluding hydrogens is 338 g/mol. The molecule has 2 rings (SSSR count). The highest BCUT2D eigenvalue weighted by molar-refractivity contribution is 8.26. The minimum absolute atomic E-state index is 0.0475. The highest BCUT2D eigenvalue weighted by Crippen LogP contribution is 2.31. The summed E-state index contributed by atoms with van der Waals surface area (Å²) in [6.45, 7) is 0.210. The monoisotopic (exact) mass is 351 g/mol. The Morgan fingerprint density at radius 1 is 1.26 bits per heavy atom. The van der Waals surface area contributed by atoms with E-state index in [1.165, 1.54) is 35.2 Å². The number of phenolic OH excluding ortho intramolecular Hbond substituents is 1. The zero-order chi connectivity index (χ0) is 17.0. The van der Waals surface area contributed by atoms with Crippen molar-refractivity contribution in [1.82, 2.24) is 4.90 Å². The number of nitrogens with zero attached hydrogens (tertiary/aromatic N) is 1. The van der Waals surface area contributed by atoms with E-state index in [1.807, 2.05) is 0 Å². The van der Waals surface area contributed by atoms with Crippen molar-refractivity contribution in [2.45, 2.75) is 12.8 Å². The second-order valence-electron chi connectivity index (χ2n) is 4.74. The third-order valence-corrected chi connectivity index (χ3v) is 4.44. The van der Waals surface area contributed by atoms with Gasteiger partial charge in [-0.2, -0.15) is 0 Å². The first-order chi connectivity index (χ1) is 10.9. The van der Waals surface area contributed by atoms with Gasteiger partial charge < -0.3 is 10.2 Å². The zero-order valence-corrected chi connectivity index (χ0v) is 13.5. The molecule has 0 spiro atoms. The molecule has 0 atom stereocenters. The second-order valence-corrected chi connectivity index (χ2v) is 6.42. The second kappa shape index (κ2) is 7.38. The number of hydrogen-bond donors (Lipinski definition) is 2. The molecular formula is C15H13NO5S2. The van der Waals surface area contributed by atoms with Crippen LogP contribution in [0.2, 0.25) is 0 Å². The van der Waals surface area contributed by atoms with E-state index in [-0.39, 0.29) is 29.4 Å². The minimum Gasteiger partial charge on any atom is -0.508 e. The van der Waals surface area contributed by atoms with Gasteiger partial charge >= 0.3 is 5.97 Å². The highest BCUT2D eigenvalue weighted by atomic mass is 32.2. The number of aliphatic carboxylic acids is 1. The molecule has 1 amide bonds. The Bertz CT molecular complexity index is 696. The number of ketones is 1. The summed E-state index contributed by atoms with van der Waals surface area (Å²) in [6.07, 6.45) is 1.45. The van der Waals surface area contributed by atoms with Gasteiger partial charge in [-0.05, 0) is 30.7 Å². The number of allylic oxidation sites excluding steroid dienone is 1. The molecule has 1 saturated heterocycles. The van der Waals surface area contributed by atoms with Gasteiger partial charge in [0.15, 0.2) is 5.78 Å². The number of hydrogen-bond acceptors (Lipinski definition) is 6. The maximum absolute atomic E-state index is 12.2. The Balaban J connectivity index is 2.07. The standard InChI is InChI=1S/C15H13NO5S2/c17-10-5-3-9(4-6-10)11(18)8-12-14(21)16(15(22)23-12)7-1-2-13(19)20/h3-6,8,17H,1-2,7H2,(H,19,20)/b12-8-. The highest BCUT2D eigenvalue weighted by Gasteiger charge is 2.32. The molecule has 0 radical (unpaired) electrons. The van der Waals surface area contributed by atoms with Crippen LogP contribution in [0.25, 0.3) is 0 Å². The Kier molecular flexibility index (Phi) is 5.51. The molecule has 1 aromatic carbocycles. The average molecular weight is 351 g/mol. The van der Waals surface area contributed by atoms with Gasteiger partial charge in [0.2, 0.25) is 0 Å². The fourth-order valence-corrected chi connectivity index (χ4v) is 3.19. The number of benzene rings is 1. The predicted octanol–water partition coefficient (Wildman–Crippen LogP) is 2.18. The number of amides is 1. The fraction of sp³-hybridized carbons (Fsp3) is 0.200. The van der Waals surface area contributed by atoms with E-state index >= 15 is 0 Å². The summed E-state index contributed by atoms with van der Waals surface area (Å²) in [6, 6.07) is 5.69. The molecule has 2 N–H and O–H groups in total.